The molecule has 2 heterocycles. The third-order valence-corrected chi connectivity index (χ3v) is 4.64. The monoisotopic (exact) mass is 260 g/mol. The molecule has 1 fully saturated rings. The van der Waals surface area contributed by atoms with Crippen molar-refractivity contribution in [2.75, 3.05) is 18.0 Å². The van der Waals surface area contributed by atoms with E-state index in [4.69, 9.17) is 0 Å². The average molecular weight is 260 g/mol. The highest BCUT2D eigenvalue weighted by atomic mass is 32.1. The number of nitrogens with one attached hydrogen (secondary N) is 1. The number of hydrogen-bond acceptors (Lipinski definition) is 3. The van der Waals surface area contributed by atoms with E-state index in [1.165, 1.54) is 15.8 Å². The Bertz CT molecular complexity index is 558. The van der Waals surface area contributed by atoms with E-state index in [2.05, 4.69) is 60.6 Å². The summed E-state index contributed by atoms with van der Waals surface area (Å²) < 4.78 is 1.38. The van der Waals surface area contributed by atoms with Crippen LogP contribution in [0.15, 0.2) is 29.6 Å². The quantitative estimate of drug-likeness (QED) is 0.844. The Balaban J connectivity index is 1.96. The molecule has 0 amide bonds. The summed E-state index contributed by atoms with van der Waals surface area (Å²) in [6, 6.07) is 9.59. The molecule has 2 nitrogen and oxygen atoms in total. The zero-order valence-electron chi connectivity index (χ0n) is 11.2. The van der Waals surface area contributed by atoms with Gasteiger partial charge in [-0.15, -0.1) is 11.3 Å². The molecule has 1 saturated heterocycles. The van der Waals surface area contributed by atoms with E-state index in [1.54, 1.807) is 0 Å². The van der Waals surface area contributed by atoms with Gasteiger partial charge in [-0.05, 0) is 55.8 Å². The highest BCUT2D eigenvalue weighted by molar-refractivity contribution is 7.17. The van der Waals surface area contributed by atoms with Gasteiger partial charge in [0.25, 0.3) is 0 Å². The summed E-state index contributed by atoms with van der Waals surface area (Å²) in [6.45, 7) is 8.95. The van der Waals surface area contributed by atoms with Gasteiger partial charge in [-0.1, -0.05) is 0 Å². The molecule has 1 aliphatic heterocycles. The van der Waals surface area contributed by atoms with Crippen molar-refractivity contribution in [1.29, 1.82) is 0 Å². The van der Waals surface area contributed by atoms with Gasteiger partial charge in [0, 0.05) is 35.1 Å². The predicted octanol–water partition coefficient (Wildman–Crippen LogP) is 3.48. The first-order valence-electron chi connectivity index (χ1n) is 6.54. The third-order valence-electron chi connectivity index (χ3n) is 3.74. The number of thiophene rings is 1. The Morgan fingerprint density at radius 3 is 3.00 bits per heavy atom. The lowest BCUT2D eigenvalue weighted by Crippen LogP contribution is -2.61. The first-order chi connectivity index (χ1) is 8.55. The topological polar surface area (TPSA) is 15.3 Å². The minimum Gasteiger partial charge on any atom is -0.366 e. The minimum atomic E-state index is 0.191. The van der Waals surface area contributed by atoms with Crippen LogP contribution in [0, 0.1) is 0 Å². The van der Waals surface area contributed by atoms with Gasteiger partial charge in [0.05, 0.1) is 0 Å². The number of anilines is 1. The van der Waals surface area contributed by atoms with Crippen LogP contribution in [0.3, 0.4) is 0 Å². The first-order valence-corrected chi connectivity index (χ1v) is 7.42. The Labute approximate surface area is 113 Å². The van der Waals surface area contributed by atoms with Crippen LogP contribution in [-0.4, -0.2) is 24.7 Å². The molecule has 0 aliphatic carbocycles. The van der Waals surface area contributed by atoms with Gasteiger partial charge in [-0.25, -0.2) is 0 Å². The molecule has 3 heteroatoms. The van der Waals surface area contributed by atoms with Crippen LogP contribution in [0.2, 0.25) is 0 Å². The molecular weight excluding hydrogens is 240 g/mol. The van der Waals surface area contributed by atoms with Gasteiger partial charge < -0.3 is 10.2 Å². The van der Waals surface area contributed by atoms with Crippen LogP contribution in [0.1, 0.15) is 20.8 Å². The van der Waals surface area contributed by atoms with Crippen LogP contribution in [-0.2, 0) is 0 Å². The molecular formula is C15H20N2S. The summed E-state index contributed by atoms with van der Waals surface area (Å²) >= 11 is 1.81. The number of fused-ring (bicyclic) bond motifs is 1. The van der Waals surface area contributed by atoms with Gasteiger partial charge >= 0.3 is 0 Å². The van der Waals surface area contributed by atoms with Crippen molar-refractivity contribution in [1.82, 2.24) is 5.32 Å². The van der Waals surface area contributed by atoms with E-state index in [1.807, 2.05) is 11.3 Å². The highest BCUT2D eigenvalue weighted by Gasteiger charge is 2.30. The molecule has 1 atom stereocenters. The van der Waals surface area contributed by atoms with Crippen LogP contribution in [0.4, 0.5) is 5.69 Å². The number of piperazine rings is 1. The molecule has 1 aromatic heterocycles. The smallest absolute Gasteiger partial charge is 0.0387 e. The number of benzene rings is 1. The molecule has 1 N–H and O–H groups in total. The maximum atomic E-state index is 3.60. The van der Waals surface area contributed by atoms with E-state index in [0.29, 0.717) is 6.04 Å². The lowest BCUT2D eigenvalue weighted by molar-refractivity contribution is 0.318. The first kappa shape index (κ1) is 12.0. The van der Waals surface area contributed by atoms with E-state index in [0.717, 1.165) is 13.1 Å². The Morgan fingerprint density at radius 1 is 1.33 bits per heavy atom. The molecule has 1 aromatic carbocycles. The summed E-state index contributed by atoms with van der Waals surface area (Å²) in [5.74, 6) is 0. The van der Waals surface area contributed by atoms with Gasteiger partial charge in [0.2, 0.25) is 0 Å². The van der Waals surface area contributed by atoms with Gasteiger partial charge in [0.15, 0.2) is 0 Å². The predicted molar refractivity (Wildman–Crippen MR) is 80.7 cm³/mol. The maximum Gasteiger partial charge on any atom is 0.0387 e. The molecule has 0 saturated carbocycles. The van der Waals surface area contributed by atoms with Crippen molar-refractivity contribution in [3.63, 3.8) is 0 Å². The molecule has 2 aromatic rings. The fourth-order valence-electron chi connectivity index (χ4n) is 2.65. The zero-order valence-corrected chi connectivity index (χ0v) is 12.1. The standard InChI is InChI=1S/C15H20N2S/c1-11-9-16-15(2,3)10-17(11)13-4-5-14-12(8-13)6-7-18-14/h4-8,11,16H,9-10H2,1-3H3. The molecule has 0 bridgehead atoms. The van der Waals surface area contributed by atoms with Gasteiger partial charge in [-0.3, -0.25) is 0 Å². The summed E-state index contributed by atoms with van der Waals surface area (Å²) in [6.07, 6.45) is 0. The second-order valence-corrected chi connectivity index (χ2v) is 6.83. The molecule has 3 rings (SSSR count). The van der Waals surface area contributed by atoms with Crippen LogP contribution >= 0.6 is 11.3 Å². The van der Waals surface area contributed by atoms with Crippen molar-refractivity contribution in [2.45, 2.75) is 32.4 Å². The third kappa shape index (κ3) is 2.13. The van der Waals surface area contributed by atoms with Crippen molar-refractivity contribution in [3.05, 3.63) is 29.6 Å². The summed E-state index contributed by atoms with van der Waals surface area (Å²) in [4.78, 5) is 2.52. The lowest BCUT2D eigenvalue weighted by atomic mass is 9.98. The number of hydrogen-bond donors (Lipinski definition) is 1. The van der Waals surface area contributed by atoms with E-state index < -0.39 is 0 Å². The molecule has 0 radical (unpaired) electrons. The fraction of sp³-hybridized carbons (Fsp3) is 0.467. The fourth-order valence-corrected chi connectivity index (χ4v) is 3.42. The van der Waals surface area contributed by atoms with Crippen molar-refractivity contribution >= 4 is 27.1 Å². The summed E-state index contributed by atoms with van der Waals surface area (Å²) in [5, 5.41) is 7.13. The summed E-state index contributed by atoms with van der Waals surface area (Å²) in [5.41, 5.74) is 1.54. The Hall–Kier alpha value is -1.06. The number of rotatable bonds is 1. The van der Waals surface area contributed by atoms with Gasteiger partial charge in [0.1, 0.15) is 0 Å². The van der Waals surface area contributed by atoms with Crippen molar-refractivity contribution in [2.24, 2.45) is 0 Å². The van der Waals surface area contributed by atoms with Crippen molar-refractivity contribution in [3.8, 4) is 0 Å². The Morgan fingerprint density at radius 2 is 2.17 bits per heavy atom. The molecule has 1 aliphatic rings. The largest absolute Gasteiger partial charge is 0.366 e. The molecule has 18 heavy (non-hydrogen) atoms. The number of nitrogens with zero attached hydrogens (tertiary/aromatic N) is 1. The van der Waals surface area contributed by atoms with Crippen LogP contribution in [0.25, 0.3) is 10.1 Å². The van der Waals surface area contributed by atoms with E-state index >= 15 is 0 Å². The highest BCUT2D eigenvalue weighted by Crippen LogP contribution is 2.29. The molecule has 1 unspecified atom stereocenters. The average Bonchev–Trinajstić information content (AvgIpc) is 2.79. The Kier molecular flexibility index (Phi) is 2.83. The summed E-state index contributed by atoms with van der Waals surface area (Å²) in [7, 11) is 0. The van der Waals surface area contributed by atoms with E-state index in [-0.39, 0.29) is 5.54 Å². The maximum absolute atomic E-state index is 3.60. The van der Waals surface area contributed by atoms with Gasteiger partial charge in [-0.2, -0.15) is 0 Å². The van der Waals surface area contributed by atoms with Crippen LogP contribution < -0.4 is 10.2 Å². The lowest BCUT2D eigenvalue weighted by Gasteiger charge is -2.44. The normalized spacial score (nSPS) is 23.5. The second-order valence-electron chi connectivity index (χ2n) is 5.88. The SMILES string of the molecule is CC1CNC(C)(C)CN1c1ccc2sccc2c1. The molecule has 0 spiro atoms. The van der Waals surface area contributed by atoms with Crippen molar-refractivity contribution < 1.29 is 0 Å². The van der Waals surface area contributed by atoms with Crippen LogP contribution in [0.5, 0.6) is 0 Å². The zero-order chi connectivity index (χ0) is 12.8. The minimum absolute atomic E-state index is 0.191. The van der Waals surface area contributed by atoms with E-state index in [9.17, 15) is 0 Å². The molecule has 96 valence electrons. The second kappa shape index (κ2) is 4.25.